The fraction of sp³-hybridized carbons (Fsp3) is 0.444. The van der Waals surface area contributed by atoms with Crippen LogP contribution in [-0.4, -0.2) is 51.6 Å². The Labute approximate surface area is 171 Å². The smallest absolute Gasteiger partial charge is 0.332 e. The van der Waals surface area contributed by atoms with E-state index in [1.807, 2.05) is 0 Å². The zero-order valence-electron chi connectivity index (χ0n) is 15.3. The van der Waals surface area contributed by atoms with Gasteiger partial charge in [-0.1, -0.05) is 22.0 Å². The number of quaternary nitrogens is 1. The van der Waals surface area contributed by atoms with Crippen molar-refractivity contribution < 1.29 is 32.2 Å². The molecule has 2 aliphatic rings. The first-order chi connectivity index (χ1) is 13.2. The van der Waals surface area contributed by atoms with Crippen LogP contribution in [0.15, 0.2) is 46.3 Å². The lowest BCUT2D eigenvalue weighted by atomic mass is 10.1. The average Bonchev–Trinajstić information content (AvgIpc) is 3.18. The lowest BCUT2D eigenvalue weighted by Gasteiger charge is -2.17. The Morgan fingerprint density at radius 1 is 1.36 bits per heavy atom. The quantitative estimate of drug-likeness (QED) is 0.329. The van der Waals surface area contributed by atoms with Gasteiger partial charge in [0, 0.05) is 16.8 Å². The van der Waals surface area contributed by atoms with Gasteiger partial charge in [0.25, 0.3) is 16.0 Å². The molecule has 1 saturated heterocycles. The monoisotopic (exact) mass is 473 g/mol. The van der Waals surface area contributed by atoms with E-state index in [1.54, 1.807) is 23.5 Å². The summed E-state index contributed by atoms with van der Waals surface area (Å²) in [5.74, 6) is -1.02. The summed E-state index contributed by atoms with van der Waals surface area (Å²) in [7, 11) is -2.65. The zero-order chi connectivity index (χ0) is 20.5. The van der Waals surface area contributed by atoms with Crippen LogP contribution in [-0.2, 0) is 28.6 Å². The first-order valence-electron chi connectivity index (χ1n) is 8.77. The summed E-state index contributed by atoms with van der Waals surface area (Å²) in [4.78, 5) is 24.7. The molecule has 1 amide bonds. The molecule has 0 bridgehead atoms. The van der Waals surface area contributed by atoms with Crippen molar-refractivity contribution >= 4 is 37.9 Å². The highest BCUT2D eigenvalue weighted by Gasteiger charge is 2.61. The lowest BCUT2D eigenvalue weighted by molar-refractivity contribution is -0.659. The fourth-order valence-corrected chi connectivity index (χ4v) is 4.78. The number of amides is 1. The van der Waals surface area contributed by atoms with E-state index in [9.17, 15) is 18.0 Å². The van der Waals surface area contributed by atoms with Crippen LogP contribution >= 0.6 is 15.9 Å². The molecule has 0 spiro atoms. The van der Waals surface area contributed by atoms with Crippen molar-refractivity contribution in [1.82, 2.24) is 5.32 Å². The van der Waals surface area contributed by atoms with Crippen LogP contribution < -0.4 is 10.6 Å². The van der Waals surface area contributed by atoms with Crippen LogP contribution in [0.5, 0.6) is 0 Å². The second-order valence-electron chi connectivity index (χ2n) is 6.94. The number of ether oxygens (including phenoxy) is 1. The molecule has 8 nitrogen and oxygen atoms in total. The number of nitrogens with one attached hydrogen (secondary N) is 1. The highest BCUT2D eigenvalue weighted by molar-refractivity contribution is 9.10. The Hall–Kier alpha value is -1.75. The maximum Gasteiger partial charge on any atom is 0.332 e. The van der Waals surface area contributed by atoms with E-state index < -0.39 is 33.8 Å². The van der Waals surface area contributed by atoms with Gasteiger partial charge in [0.05, 0.1) is 12.0 Å². The minimum Gasteiger partial charge on any atom is -0.467 e. The molecule has 1 saturated carbocycles. The molecule has 3 N–H and O–H groups in total. The molecule has 2 fully saturated rings. The Balaban J connectivity index is 1.60. The summed E-state index contributed by atoms with van der Waals surface area (Å²) in [6.07, 6.45) is 1.65. The van der Waals surface area contributed by atoms with Crippen molar-refractivity contribution in [2.45, 2.75) is 35.4 Å². The largest absolute Gasteiger partial charge is 0.467 e. The van der Waals surface area contributed by atoms with Gasteiger partial charge in [0.15, 0.2) is 6.04 Å². The van der Waals surface area contributed by atoms with E-state index >= 15 is 0 Å². The number of carbonyl (C=O) groups excluding carboxylic acids is 2. The van der Waals surface area contributed by atoms with Crippen molar-refractivity contribution in [1.29, 1.82) is 0 Å². The van der Waals surface area contributed by atoms with Gasteiger partial charge in [-0.25, -0.2) is 4.79 Å². The minimum atomic E-state index is -3.92. The van der Waals surface area contributed by atoms with E-state index in [4.69, 9.17) is 8.92 Å². The molecular formula is C18H22BrN2O6S+. The highest BCUT2D eigenvalue weighted by Crippen LogP contribution is 2.45. The first-order valence-corrected chi connectivity index (χ1v) is 11.0. The summed E-state index contributed by atoms with van der Waals surface area (Å²) < 4.78 is 35.7. The molecule has 10 heteroatoms. The Morgan fingerprint density at radius 3 is 2.61 bits per heavy atom. The van der Waals surface area contributed by atoms with Crippen molar-refractivity contribution in [2.75, 3.05) is 13.7 Å². The lowest BCUT2D eigenvalue weighted by Crippen LogP contribution is -2.90. The molecule has 4 unspecified atom stereocenters. The van der Waals surface area contributed by atoms with Gasteiger partial charge in [-0.2, -0.15) is 8.42 Å². The van der Waals surface area contributed by atoms with Crippen molar-refractivity contribution in [2.24, 2.45) is 5.92 Å². The van der Waals surface area contributed by atoms with Gasteiger partial charge in [-0.3, -0.25) is 8.98 Å². The van der Waals surface area contributed by atoms with Crippen LogP contribution in [0.4, 0.5) is 0 Å². The molecule has 1 heterocycles. The van der Waals surface area contributed by atoms with Gasteiger partial charge in [0.2, 0.25) is 0 Å². The van der Waals surface area contributed by atoms with Gasteiger partial charge in [-0.15, -0.1) is 6.58 Å². The van der Waals surface area contributed by atoms with E-state index in [0.717, 1.165) is 4.47 Å². The third-order valence-corrected chi connectivity index (χ3v) is 7.00. The molecule has 1 aliphatic heterocycles. The van der Waals surface area contributed by atoms with Crippen LogP contribution in [0.3, 0.4) is 0 Å². The Kier molecular flexibility index (Phi) is 5.95. The normalized spacial score (nSPS) is 29.1. The summed E-state index contributed by atoms with van der Waals surface area (Å²) in [6, 6.07) is 5.59. The van der Waals surface area contributed by atoms with Gasteiger partial charge >= 0.3 is 5.97 Å². The van der Waals surface area contributed by atoms with E-state index in [-0.39, 0.29) is 23.1 Å². The SMILES string of the molecule is C=CC1CC1(NC(=O)C1CC(OS(=O)(=O)c2ccc(Br)cc2)C[NH2+]1)C(=O)OC. The zero-order valence-corrected chi connectivity index (χ0v) is 17.7. The summed E-state index contributed by atoms with van der Waals surface area (Å²) in [5.41, 5.74) is -1.07. The summed E-state index contributed by atoms with van der Waals surface area (Å²) in [6.45, 7) is 3.99. The number of carbonyl (C=O) groups is 2. The predicted molar refractivity (Wildman–Crippen MR) is 103 cm³/mol. The summed E-state index contributed by atoms with van der Waals surface area (Å²) in [5, 5.41) is 4.47. The molecule has 1 aliphatic carbocycles. The average molecular weight is 474 g/mol. The van der Waals surface area contributed by atoms with E-state index in [0.29, 0.717) is 13.0 Å². The van der Waals surface area contributed by atoms with Gasteiger partial charge in [0.1, 0.15) is 18.2 Å². The maximum absolute atomic E-state index is 12.6. The number of halogens is 1. The number of rotatable bonds is 7. The standard InChI is InChI=1S/C18H21BrN2O6S/c1-3-11-9-18(11,17(23)26-2)21-16(22)15-8-13(10-20-15)27-28(24,25)14-6-4-12(19)5-7-14/h3-7,11,13,15,20H,1,8-10H2,2H3,(H,21,22)/p+1. The molecule has 152 valence electrons. The molecule has 0 aromatic heterocycles. The van der Waals surface area contributed by atoms with Crippen molar-refractivity contribution in [3.63, 3.8) is 0 Å². The molecule has 0 radical (unpaired) electrons. The fourth-order valence-electron chi connectivity index (χ4n) is 3.42. The third-order valence-electron chi connectivity index (χ3n) is 5.10. The highest BCUT2D eigenvalue weighted by atomic mass is 79.9. The molecular weight excluding hydrogens is 452 g/mol. The molecule has 1 aromatic carbocycles. The van der Waals surface area contributed by atoms with Crippen LogP contribution in [0.25, 0.3) is 0 Å². The number of benzene rings is 1. The number of esters is 1. The first kappa shape index (κ1) is 21.0. The molecule has 1 aromatic rings. The van der Waals surface area contributed by atoms with Crippen LogP contribution in [0.1, 0.15) is 12.8 Å². The second-order valence-corrected chi connectivity index (χ2v) is 9.43. The van der Waals surface area contributed by atoms with Crippen LogP contribution in [0, 0.1) is 5.92 Å². The van der Waals surface area contributed by atoms with Crippen molar-refractivity contribution in [3.05, 3.63) is 41.4 Å². The number of methoxy groups -OCH3 is 1. The topological polar surface area (TPSA) is 115 Å². The maximum atomic E-state index is 12.6. The predicted octanol–water partition coefficient (Wildman–Crippen LogP) is 0.0926. The van der Waals surface area contributed by atoms with Gasteiger partial charge in [-0.05, 0) is 30.7 Å². The third kappa shape index (κ3) is 4.14. The van der Waals surface area contributed by atoms with Gasteiger partial charge < -0.3 is 15.4 Å². The Morgan fingerprint density at radius 2 is 2.04 bits per heavy atom. The number of hydrogen-bond acceptors (Lipinski definition) is 6. The van der Waals surface area contributed by atoms with E-state index in [1.165, 1.54) is 19.2 Å². The van der Waals surface area contributed by atoms with Crippen LogP contribution in [0.2, 0.25) is 0 Å². The van der Waals surface area contributed by atoms with Crippen molar-refractivity contribution in [3.8, 4) is 0 Å². The number of hydrogen-bond donors (Lipinski definition) is 2. The summed E-state index contributed by atoms with van der Waals surface area (Å²) >= 11 is 3.25. The minimum absolute atomic E-state index is 0.0556. The number of nitrogens with two attached hydrogens (primary N) is 1. The molecule has 28 heavy (non-hydrogen) atoms. The van der Waals surface area contributed by atoms with E-state index in [2.05, 4.69) is 27.8 Å². The Bertz CT molecular complexity index is 888. The molecule has 3 rings (SSSR count). The second kappa shape index (κ2) is 7.94. The molecule has 4 atom stereocenters.